The Kier molecular flexibility index (Phi) is 8.66. The number of nitrogens with zero attached hydrogens (tertiary/aromatic N) is 1. The highest BCUT2D eigenvalue weighted by atomic mass is 16.5. The van der Waals surface area contributed by atoms with Gasteiger partial charge in [-0.25, -0.2) is 0 Å². The van der Waals surface area contributed by atoms with Gasteiger partial charge in [-0.3, -0.25) is 0 Å². The number of hydrogen-bond acceptors (Lipinski definition) is 3. The summed E-state index contributed by atoms with van der Waals surface area (Å²) in [6.45, 7) is 4.59. The summed E-state index contributed by atoms with van der Waals surface area (Å²) in [7, 11) is 0. The van der Waals surface area contributed by atoms with Gasteiger partial charge in [0.25, 0.3) is 0 Å². The van der Waals surface area contributed by atoms with E-state index in [1.165, 1.54) is 48.4 Å². The molecule has 2 aliphatic rings. The van der Waals surface area contributed by atoms with Crippen molar-refractivity contribution in [3.8, 4) is 22.6 Å². The van der Waals surface area contributed by atoms with Crippen LogP contribution in [-0.2, 0) is 6.42 Å². The van der Waals surface area contributed by atoms with Crippen LogP contribution in [0.4, 0.5) is 17.1 Å². The van der Waals surface area contributed by atoms with Gasteiger partial charge in [0.15, 0.2) is 0 Å². The first kappa shape index (κ1) is 33.7. The first-order chi connectivity index (χ1) is 27.0. The first-order valence-electron chi connectivity index (χ1n) is 20.2. The Morgan fingerprint density at radius 3 is 2.24 bits per heavy atom. The van der Waals surface area contributed by atoms with Gasteiger partial charge in [-0.15, -0.1) is 0 Å². The number of fused-ring (bicyclic) bond motifs is 6. The zero-order valence-electron chi connectivity index (χ0n) is 31.7. The summed E-state index contributed by atoms with van der Waals surface area (Å²) in [6, 6.07) is 54.4. The van der Waals surface area contributed by atoms with E-state index < -0.39 is 0 Å². The average molecular weight is 718 g/mol. The van der Waals surface area contributed by atoms with Gasteiger partial charge >= 0.3 is 0 Å². The maximum atomic E-state index is 6.76. The van der Waals surface area contributed by atoms with Crippen molar-refractivity contribution < 1.29 is 9.15 Å². The van der Waals surface area contributed by atoms with Gasteiger partial charge in [-0.2, -0.15) is 0 Å². The van der Waals surface area contributed by atoms with Crippen molar-refractivity contribution in [1.29, 1.82) is 0 Å². The highest BCUT2D eigenvalue weighted by Gasteiger charge is 2.39. The number of rotatable bonds is 9. The molecule has 1 heterocycles. The molecule has 8 aromatic rings. The molecule has 2 saturated carbocycles. The van der Waals surface area contributed by atoms with E-state index in [4.69, 9.17) is 9.15 Å². The van der Waals surface area contributed by atoms with Gasteiger partial charge < -0.3 is 14.1 Å². The standard InChI is InChI=1S/C52H47NO2/c1-34-28-36-30-39(42(29-34)31-36)18-19-41-32-44(25-27-50(41)54-49-16-7-3-10-35(49)2)53(48-15-9-12-38-11-4-5-13-45(38)48)43-23-20-37(21-24-43)40-22-26-47-46-14-6-8-17-51(46)55-52(47)33-40/h3-17,20-27,32-34,36,39,42H,18-19,28-31H2,1-2H3/t34-,36+,39?,42+/m1/s1. The van der Waals surface area contributed by atoms with Crippen molar-refractivity contribution in [3.05, 3.63) is 163 Å². The van der Waals surface area contributed by atoms with Crippen LogP contribution in [0, 0.1) is 30.6 Å². The Bertz CT molecular complexity index is 2650. The lowest BCUT2D eigenvalue weighted by Crippen LogP contribution is -2.16. The fourth-order valence-electron chi connectivity index (χ4n) is 10.0. The highest BCUT2D eigenvalue weighted by Crippen LogP contribution is 2.50. The Hall–Kier alpha value is -5.80. The summed E-state index contributed by atoms with van der Waals surface area (Å²) >= 11 is 0. The minimum Gasteiger partial charge on any atom is -0.457 e. The third kappa shape index (κ3) is 6.46. The molecule has 10 rings (SSSR count). The Morgan fingerprint density at radius 1 is 0.600 bits per heavy atom. The summed E-state index contributed by atoms with van der Waals surface area (Å²) in [5, 5.41) is 4.75. The van der Waals surface area contributed by atoms with E-state index in [-0.39, 0.29) is 0 Å². The summed E-state index contributed by atoms with van der Waals surface area (Å²) in [5.41, 5.74) is 9.96. The second-order valence-corrected chi connectivity index (χ2v) is 16.3. The molecule has 0 saturated heterocycles. The van der Waals surface area contributed by atoms with Crippen molar-refractivity contribution in [1.82, 2.24) is 0 Å². The average Bonchev–Trinajstić information content (AvgIpc) is 3.73. The Morgan fingerprint density at radius 2 is 1.35 bits per heavy atom. The van der Waals surface area contributed by atoms with E-state index in [1.807, 2.05) is 12.1 Å². The van der Waals surface area contributed by atoms with Gasteiger partial charge in [0.05, 0.1) is 5.69 Å². The molecule has 2 aliphatic carbocycles. The zero-order valence-corrected chi connectivity index (χ0v) is 31.7. The second kappa shape index (κ2) is 14.1. The molecule has 0 amide bonds. The molecule has 55 heavy (non-hydrogen) atoms. The molecule has 7 aromatic carbocycles. The Labute approximate surface area is 324 Å². The molecular weight excluding hydrogens is 671 g/mol. The van der Waals surface area contributed by atoms with Crippen LogP contribution < -0.4 is 9.64 Å². The smallest absolute Gasteiger partial charge is 0.136 e. The normalized spacial score (nSPS) is 19.3. The lowest BCUT2D eigenvalue weighted by molar-refractivity contribution is 0.254. The highest BCUT2D eigenvalue weighted by molar-refractivity contribution is 6.06. The summed E-state index contributed by atoms with van der Waals surface area (Å²) in [5.74, 6) is 5.33. The zero-order chi connectivity index (χ0) is 36.9. The number of benzene rings is 7. The van der Waals surface area contributed by atoms with Crippen LogP contribution >= 0.6 is 0 Å². The number of furan rings is 1. The van der Waals surface area contributed by atoms with Gasteiger partial charge in [0.2, 0.25) is 0 Å². The maximum Gasteiger partial charge on any atom is 0.136 e. The summed E-state index contributed by atoms with van der Waals surface area (Å²) in [6.07, 6.45) is 7.84. The number of ether oxygens (including phenoxy) is 1. The Balaban J connectivity index is 1.05. The van der Waals surface area contributed by atoms with Crippen molar-refractivity contribution in [2.45, 2.75) is 52.4 Å². The van der Waals surface area contributed by atoms with Gasteiger partial charge in [0.1, 0.15) is 22.7 Å². The lowest BCUT2D eigenvalue weighted by Gasteiger charge is -2.28. The van der Waals surface area contributed by atoms with Gasteiger partial charge in [-0.05, 0) is 157 Å². The van der Waals surface area contributed by atoms with E-state index in [0.29, 0.717) is 0 Å². The van der Waals surface area contributed by atoms with Crippen LogP contribution in [0.15, 0.2) is 156 Å². The van der Waals surface area contributed by atoms with Crippen molar-refractivity contribution in [2.75, 3.05) is 4.90 Å². The van der Waals surface area contributed by atoms with Crippen molar-refractivity contribution in [2.24, 2.45) is 23.7 Å². The monoisotopic (exact) mass is 717 g/mol. The van der Waals surface area contributed by atoms with Crippen LogP contribution in [0.5, 0.6) is 11.5 Å². The van der Waals surface area contributed by atoms with Gasteiger partial charge in [-0.1, -0.05) is 97.9 Å². The largest absolute Gasteiger partial charge is 0.457 e. The van der Waals surface area contributed by atoms with Crippen molar-refractivity contribution in [3.63, 3.8) is 0 Å². The molecule has 4 atom stereocenters. The van der Waals surface area contributed by atoms with Crippen LogP contribution in [0.1, 0.15) is 50.2 Å². The predicted molar refractivity (Wildman–Crippen MR) is 229 cm³/mol. The molecule has 1 unspecified atom stereocenters. The van der Waals surface area contributed by atoms with Crippen LogP contribution in [0.25, 0.3) is 43.8 Å². The SMILES string of the molecule is Cc1ccccc1Oc1ccc(N(c2ccc(-c3ccc4c(c3)oc3ccccc34)cc2)c2cccc3ccccc23)cc1CCC1C[C@@H]2C[C@@H](C)C[C@H]1C2. The topological polar surface area (TPSA) is 25.6 Å². The summed E-state index contributed by atoms with van der Waals surface area (Å²) in [4.78, 5) is 2.43. The molecule has 3 nitrogen and oxygen atoms in total. The van der Waals surface area contributed by atoms with Crippen LogP contribution in [0.2, 0.25) is 0 Å². The summed E-state index contributed by atoms with van der Waals surface area (Å²) < 4.78 is 13.0. The van der Waals surface area contributed by atoms with Crippen LogP contribution in [-0.4, -0.2) is 0 Å². The van der Waals surface area contributed by atoms with Crippen molar-refractivity contribution >= 4 is 49.8 Å². The number of aryl methyl sites for hydroxylation is 2. The molecule has 2 bridgehead atoms. The molecule has 272 valence electrons. The van der Waals surface area contributed by atoms with E-state index >= 15 is 0 Å². The quantitative estimate of drug-likeness (QED) is 0.149. The molecule has 0 N–H and O–H groups in total. The second-order valence-electron chi connectivity index (χ2n) is 16.3. The fraction of sp³-hybridized carbons (Fsp3) is 0.231. The maximum absolute atomic E-state index is 6.76. The van der Waals surface area contributed by atoms with E-state index in [9.17, 15) is 0 Å². The molecule has 0 aliphatic heterocycles. The predicted octanol–water partition coefficient (Wildman–Crippen LogP) is 15.0. The third-order valence-corrected chi connectivity index (χ3v) is 12.6. The molecular formula is C52H47NO2. The number of para-hydroxylation sites is 2. The van der Waals surface area contributed by atoms with E-state index in [0.717, 1.165) is 97.3 Å². The molecule has 0 radical (unpaired) electrons. The molecule has 1 aromatic heterocycles. The minimum absolute atomic E-state index is 0.797. The molecule has 2 fully saturated rings. The lowest BCUT2D eigenvalue weighted by atomic mass is 9.80. The van der Waals surface area contributed by atoms with E-state index in [1.54, 1.807) is 0 Å². The number of anilines is 3. The van der Waals surface area contributed by atoms with E-state index in [2.05, 4.69) is 158 Å². The molecule has 0 spiro atoms. The number of hydrogen-bond donors (Lipinski definition) is 0. The van der Waals surface area contributed by atoms with Crippen LogP contribution in [0.3, 0.4) is 0 Å². The minimum atomic E-state index is 0.797. The molecule has 3 heteroatoms. The fourth-order valence-corrected chi connectivity index (χ4v) is 10.0. The van der Waals surface area contributed by atoms with Gasteiger partial charge in [0, 0.05) is 27.5 Å². The third-order valence-electron chi connectivity index (χ3n) is 12.6. The first-order valence-corrected chi connectivity index (χ1v) is 20.2.